The van der Waals surface area contributed by atoms with Gasteiger partial charge in [0.15, 0.2) is 0 Å². The first-order valence-electron chi connectivity index (χ1n) is 10.6. The Morgan fingerprint density at radius 2 is 2.00 bits per heavy atom. The number of nitrogens with zero attached hydrogens (tertiary/aromatic N) is 2. The van der Waals surface area contributed by atoms with Crippen molar-refractivity contribution >= 4 is 6.09 Å². The standard InChI is InChI=1S/C22H37N3O2/c1-7-22(5,6)16-10-11-18-17(13-16)19(24-23-18)15-9-8-12-25(14-15)20(26)27-21(2,3)4/h15-16H,7-14H2,1-6H3,(H,23,24). The van der Waals surface area contributed by atoms with E-state index in [1.807, 2.05) is 25.7 Å². The van der Waals surface area contributed by atoms with Gasteiger partial charge in [0.05, 0.1) is 5.69 Å². The average Bonchev–Trinajstić information content (AvgIpc) is 3.03. The van der Waals surface area contributed by atoms with Crippen molar-refractivity contribution in [1.82, 2.24) is 15.1 Å². The molecular formula is C22H37N3O2. The number of carbonyl (C=O) groups excluding carboxylic acids is 1. The fourth-order valence-electron chi connectivity index (χ4n) is 4.50. The summed E-state index contributed by atoms with van der Waals surface area (Å²) in [5.41, 5.74) is 3.87. The molecule has 5 heteroatoms. The van der Waals surface area contributed by atoms with E-state index in [-0.39, 0.29) is 6.09 Å². The molecule has 3 rings (SSSR count). The van der Waals surface area contributed by atoms with Crippen molar-refractivity contribution in [2.75, 3.05) is 13.1 Å². The summed E-state index contributed by atoms with van der Waals surface area (Å²) in [5, 5.41) is 8.04. The Balaban J connectivity index is 1.74. The predicted molar refractivity (Wildman–Crippen MR) is 108 cm³/mol. The van der Waals surface area contributed by atoms with E-state index in [4.69, 9.17) is 9.84 Å². The van der Waals surface area contributed by atoms with Crippen molar-refractivity contribution in [2.45, 2.75) is 91.6 Å². The van der Waals surface area contributed by atoms with E-state index in [9.17, 15) is 4.79 Å². The van der Waals surface area contributed by atoms with E-state index in [2.05, 4.69) is 25.9 Å². The van der Waals surface area contributed by atoms with Gasteiger partial charge in [0, 0.05) is 24.7 Å². The van der Waals surface area contributed by atoms with E-state index in [1.54, 1.807) is 0 Å². The molecular weight excluding hydrogens is 338 g/mol. The fraction of sp³-hybridized carbons (Fsp3) is 0.818. The normalized spacial score (nSPS) is 23.9. The van der Waals surface area contributed by atoms with E-state index in [0.717, 1.165) is 32.2 Å². The van der Waals surface area contributed by atoms with Crippen LogP contribution in [-0.2, 0) is 17.6 Å². The molecule has 2 unspecified atom stereocenters. The molecule has 0 saturated carbocycles. The minimum atomic E-state index is -0.450. The molecule has 1 aliphatic heterocycles. The van der Waals surface area contributed by atoms with Crippen LogP contribution in [0.5, 0.6) is 0 Å². The van der Waals surface area contributed by atoms with Gasteiger partial charge in [-0.25, -0.2) is 4.79 Å². The highest BCUT2D eigenvalue weighted by Gasteiger charge is 2.36. The van der Waals surface area contributed by atoms with Gasteiger partial charge in [-0.2, -0.15) is 5.10 Å². The Morgan fingerprint density at radius 3 is 2.67 bits per heavy atom. The van der Waals surface area contributed by atoms with Crippen LogP contribution in [0.25, 0.3) is 0 Å². The molecule has 152 valence electrons. The van der Waals surface area contributed by atoms with Gasteiger partial charge in [-0.1, -0.05) is 27.2 Å². The van der Waals surface area contributed by atoms with Crippen molar-refractivity contribution in [3.63, 3.8) is 0 Å². The van der Waals surface area contributed by atoms with Gasteiger partial charge in [-0.15, -0.1) is 0 Å². The number of hydrogen-bond acceptors (Lipinski definition) is 3. The number of fused-ring (bicyclic) bond motifs is 1. The number of aromatic nitrogens is 2. The summed E-state index contributed by atoms with van der Waals surface area (Å²) in [6.45, 7) is 14.4. The zero-order valence-electron chi connectivity index (χ0n) is 18.0. The molecule has 1 aromatic heterocycles. The van der Waals surface area contributed by atoms with Gasteiger partial charge in [0.2, 0.25) is 0 Å². The molecule has 1 aliphatic carbocycles. The number of aryl methyl sites for hydroxylation is 1. The second-order valence-electron chi connectivity index (χ2n) is 10.1. The smallest absolute Gasteiger partial charge is 0.410 e. The van der Waals surface area contributed by atoms with Crippen LogP contribution >= 0.6 is 0 Å². The predicted octanol–water partition coefficient (Wildman–Crippen LogP) is 5.07. The lowest BCUT2D eigenvalue weighted by molar-refractivity contribution is 0.0196. The van der Waals surface area contributed by atoms with Gasteiger partial charge in [0.1, 0.15) is 5.60 Å². The van der Waals surface area contributed by atoms with Crippen LogP contribution in [0.1, 0.15) is 90.1 Å². The lowest BCUT2D eigenvalue weighted by Gasteiger charge is -2.37. The zero-order valence-corrected chi connectivity index (χ0v) is 18.0. The highest BCUT2D eigenvalue weighted by molar-refractivity contribution is 5.68. The highest BCUT2D eigenvalue weighted by atomic mass is 16.6. The van der Waals surface area contributed by atoms with Crippen LogP contribution < -0.4 is 0 Å². The second kappa shape index (κ2) is 7.48. The van der Waals surface area contributed by atoms with Gasteiger partial charge in [-0.3, -0.25) is 5.10 Å². The maximum atomic E-state index is 12.5. The third kappa shape index (κ3) is 4.49. The Kier molecular flexibility index (Phi) is 5.60. The third-order valence-corrected chi connectivity index (χ3v) is 6.65. The number of carbonyl (C=O) groups is 1. The molecule has 5 nitrogen and oxygen atoms in total. The van der Waals surface area contributed by atoms with Crippen LogP contribution in [-0.4, -0.2) is 39.9 Å². The van der Waals surface area contributed by atoms with Crippen LogP contribution in [0.4, 0.5) is 4.79 Å². The first kappa shape index (κ1) is 20.2. The molecule has 2 heterocycles. The van der Waals surface area contributed by atoms with Crippen molar-refractivity contribution in [1.29, 1.82) is 0 Å². The highest BCUT2D eigenvalue weighted by Crippen LogP contribution is 2.42. The van der Waals surface area contributed by atoms with E-state index in [1.165, 1.54) is 29.8 Å². The number of amides is 1. The number of ether oxygens (including phenoxy) is 1. The quantitative estimate of drug-likeness (QED) is 0.803. The van der Waals surface area contributed by atoms with E-state index in [0.29, 0.717) is 23.8 Å². The fourth-order valence-corrected chi connectivity index (χ4v) is 4.50. The van der Waals surface area contributed by atoms with Gasteiger partial charge in [0.25, 0.3) is 0 Å². The lowest BCUT2D eigenvalue weighted by Crippen LogP contribution is -2.42. The summed E-state index contributed by atoms with van der Waals surface area (Å²) < 4.78 is 5.59. The van der Waals surface area contributed by atoms with Crippen molar-refractivity contribution in [3.8, 4) is 0 Å². The van der Waals surface area contributed by atoms with E-state index < -0.39 is 5.60 Å². The molecule has 2 aliphatic rings. The topological polar surface area (TPSA) is 58.2 Å². The molecule has 0 aromatic carbocycles. The largest absolute Gasteiger partial charge is 0.444 e. The number of hydrogen-bond donors (Lipinski definition) is 1. The first-order chi connectivity index (χ1) is 12.6. The summed E-state index contributed by atoms with van der Waals surface area (Å²) in [5.74, 6) is 1.02. The molecule has 0 radical (unpaired) electrons. The minimum absolute atomic E-state index is 0.193. The van der Waals surface area contributed by atoms with Crippen LogP contribution in [0, 0.1) is 11.3 Å². The van der Waals surface area contributed by atoms with Gasteiger partial charge in [-0.05, 0) is 69.8 Å². The summed E-state index contributed by atoms with van der Waals surface area (Å²) in [6.07, 6.45) is 6.57. The molecule has 2 atom stereocenters. The van der Waals surface area contributed by atoms with Gasteiger partial charge < -0.3 is 9.64 Å². The molecule has 1 fully saturated rings. The molecule has 1 aromatic rings. The first-order valence-corrected chi connectivity index (χ1v) is 10.6. The second-order valence-corrected chi connectivity index (χ2v) is 10.1. The minimum Gasteiger partial charge on any atom is -0.444 e. The third-order valence-electron chi connectivity index (χ3n) is 6.65. The Labute approximate surface area is 164 Å². The SMILES string of the molecule is CCC(C)(C)C1CCc2[nH]nc(C3CCCN(C(=O)OC(C)(C)C)C3)c2C1. The summed E-state index contributed by atoms with van der Waals surface area (Å²) in [4.78, 5) is 14.4. The molecule has 1 amide bonds. The number of H-pyrrole nitrogens is 1. The molecule has 0 bridgehead atoms. The van der Waals surface area contributed by atoms with Crippen molar-refractivity contribution < 1.29 is 9.53 Å². The molecule has 1 N–H and O–H groups in total. The van der Waals surface area contributed by atoms with E-state index >= 15 is 0 Å². The summed E-state index contributed by atoms with van der Waals surface area (Å²) in [6, 6.07) is 0. The maximum absolute atomic E-state index is 12.5. The van der Waals surface area contributed by atoms with Crippen LogP contribution in [0.3, 0.4) is 0 Å². The Morgan fingerprint density at radius 1 is 1.26 bits per heavy atom. The Bertz CT molecular complexity index is 672. The number of nitrogens with one attached hydrogen (secondary N) is 1. The maximum Gasteiger partial charge on any atom is 0.410 e. The summed E-state index contributed by atoms with van der Waals surface area (Å²) >= 11 is 0. The monoisotopic (exact) mass is 375 g/mol. The van der Waals surface area contributed by atoms with Gasteiger partial charge >= 0.3 is 6.09 Å². The Hall–Kier alpha value is -1.52. The number of likely N-dealkylation sites (tertiary alicyclic amines) is 1. The van der Waals surface area contributed by atoms with Crippen LogP contribution in [0.2, 0.25) is 0 Å². The average molecular weight is 376 g/mol. The van der Waals surface area contributed by atoms with Crippen molar-refractivity contribution in [2.24, 2.45) is 11.3 Å². The molecule has 27 heavy (non-hydrogen) atoms. The molecule has 0 spiro atoms. The lowest BCUT2D eigenvalue weighted by atomic mass is 9.68. The number of rotatable bonds is 3. The van der Waals surface area contributed by atoms with Crippen LogP contribution in [0.15, 0.2) is 0 Å². The van der Waals surface area contributed by atoms with Crippen molar-refractivity contribution in [3.05, 3.63) is 17.0 Å². The number of aromatic amines is 1. The molecule has 1 saturated heterocycles. The summed E-state index contributed by atoms with van der Waals surface area (Å²) in [7, 11) is 0. The zero-order chi connectivity index (χ0) is 19.8. The number of piperidine rings is 1.